The summed E-state index contributed by atoms with van der Waals surface area (Å²) in [5.41, 5.74) is 0.780. The number of ketones is 4. The van der Waals surface area contributed by atoms with Gasteiger partial charge in [-0.2, -0.15) is 0 Å². The Kier molecular flexibility index (Phi) is 7.24. The SMILES string of the molecule is CN1CCN(Cc2ccc(-c3ccc(O)c4c3C[C@@]3(C)C[C@@]5(C)[C@H](N(C)C)C(=O)C(C(N)=O)C(=O)[C@@]5(O)C(=O)C3C4=O)o2)CC1. The molecule has 4 aliphatic rings. The molecule has 2 saturated carbocycles. The molecule has 2 unspecified atom stereocenters. The molecule has 3 aliphatic carbocycles. The Hall–Kier alpha value is -3.71. The van der Waals surface area contributed by atoms with Crippen LogP contribution >= 0.6 is 0 Å². The molecule has 2 aromatic rings. The van der Waals surface area contributed by atoms with E-state index in [1.807, 2.05) is 12.1 Å². The number of aromatic hydroxyl groups is 1. The molecule has 1 amide bonds. The van der Waals surface area contributed by atoms with Gasteiger partial charge in [-0.3, -0.25) is 33.8 Å². The molecule has 12 nitrogen and oxygen atoms in total. The smallest absolute Gasteiger partial charge is 0.235 e. The number of likely N-dealkylation sites (N-methyl/N-ethyl adjacent to an activating group) is 2. The Balaban J connectivity index is 1.43. The average molecular weight is 621 g/mol. The lowest BCUT2D eigenvalue weighted by Crippen LogP contribution is -2.79. The van der Waals surface area contributed by atoms with Crippen LogP contribution in [-0.2, 0) is 32.1 Å². The first-order chi connectivity index (χ1) is 21.0. The first-order valence-electron chi connectivity index (χ1n) is 15.2. The number of carbonyl (C=O) groups excluding carboxylic acids is 5. The van der Waals surface area contributed by atoms with Crippen LogP contribution in [0.4, 0.5) is 0 Å². The summed E-state index contributed by atoms with van der Waals surface area (Å²) in [6.45, 7) is 7.59. The van der Waals surface area contributed by atoms with Crippen LogP contribution in [0.3, 0.4) is 0 Å². The second kappa shape index (κ2) is 10.4. The van der Waals surface area contributed by atoms with E-state index in [0.29, 0.717) is 23.4 Å². The third kappa shape index (κ3) is 4.37. The fourth-order valence-electron chi connectivity index (χ4n) is 8.78. The maximum atomic E-state index is 14.4. The van der Waals surface area contributed by atoms with Crippen LogP contribution in [0.5, 0.6) is 5.75 Å². The van der Waals surface area contributed by atoms with Crippen molar-refractivity contribution in [3.8, 4) is 17.1 Å². The molecule has 0 radical (unpaired) electrons. The number of phenols is 1. The zero-order valence-corrected chi connectivity index (χ0v) is 26.3. The summed E-state index contributed by atoms with van der Waals surface area (Å²) < 4.78 is 6.27. The molecule has 1 aromatic heterocycles. The van der Waals surface area contributed by atoms with Crippen LogP contribution in [0.2, 0.25) is 0 Å². The summed E-state index contributed by atoms with van der Waals surface area (Å²) in [6.07, 6.45) is 0.0436. The number of hydrogen-bond donors (Lipinski definition) is 3. The monoisotopic (exact) mass is 620 g/mol. The molecule has 6 rings (SSSR count). The molecule has 4 N–H and O–H groups in total. The Bertz CT molecular complexity index is 1640. The van der Waals surface area contributed by atoms with Crippen LogP contribution in [0.1, 0.15) is 41.9 Å². The Morgan fingerprint density at radius 1 is 1.04 bits per heavy atom. The fourth-order valence-corrected chi connectivity index (χ4v) is 8.78. The largest absolute Gasteiger partial charge is 0.507 e. The summed E-state index contributed by atoms with van der Waals surface area (Å²) in [6, 6.07) is 5.55. The van der Waals surface area contributed by atoms with Crippen molar-refractivity contribution in [3.63, 3.8) is 0 Å². The van der Waals surface area contributed by atoms with Crippen molar-refractivity contribution < 1.29 is 38.6 Å². The number of aliphatic hydroxyl groups is 1. The molecule has 6 atom stereocenters. The van der Waals surface area contributed by atoms with Gasteiger partial charge in [0.15, 0.2) is 34.7 Å². The number of primary amides is 1. The number of carbonyl (C=O) groups is 5. The lowest BCUT2D eigenvalue weighted by Gasteiger charge is -2.61. The van der Waals surface area contributed by atoms with E-state index >= 15 is 0 Å². The molecule has 3 fully saturated rings. The second-order valence-electron chi connectivity index (χ2n) is 14.1. The van der Waals surface area contributed by atoms with Gasteiger partial charge in [0, 0.05) is 37.2 Å². The topological polar surface area (TPSA) is 175 Å². The van der Waals surface area contributed by atoms with Crippen molar-refractivity contribution in [2.45, 2.75) is 44.9 Å². The summed E-state index contributed by atoms with van der Waals surface area (Å²) in [4.78, 5) is 74.4. The van der Waals surface area contributed by atoms with Gasteiger partial charge < -0.3 is 25.3 Å². The average Bonchev–Trinajstić information content (AvgIpc) is 3.39. The molecule has 240 valence electrons. The van der Waals surface area contributed by atoms with Crippen molar-refractivity contribution in [2.75, 3.05) is 47.3 Å². The Morgan fingerprint density at radius 2 is 1.71 bits per heavy atom. The van der Waals surface area contributed by atoms with E-state index in [1.54, 1.807) is 27.1 Å². The minimum absolute atomic E-state index is 0.0671. The fraction of sp³-hybridized carbons (Fsp3) is 0.545. The van der Waals surface area contributed by atoms with Gasteiger partial charge in [-0.15, -0.1) is 0 Å². The van der Waals surface area contributed by atoms with Gasteiger partial charge in [0.25, 0.3) is 0 Å². The maximum Gasteiger partial charge on any atom is 0.235 e. The summed E-state index contributed by atoms with van der Waals surface area (Å²) in [5.74, 6) is -7.77. The number of phenolic OH excluding ortho intramolecular Hbond substituents is 1. The van der Waals surface area contributed by atoms with E-state index < -0.39 is 63.3 Å². The minimum Gasteiger partial charge on any atom is -0.507 e. The number of rotatable bonds is 5. The van der Waals surface area contributed by atoms with E-state index in [0.717, 1.165) is 31.9 Å². The highest BCUT2D eigenvalue weighted by molar-refractivity contribution is 6.33. The molecule has 0 bridgehead atoms. The number of benzene rings is 1. The van der Waals surface area contributed by atoms with E-state index in [2.05, 4.69) is 16.8 Å². The van der Waals surface area contributed by atoms with Gasteiger partial charge in [0.2, 0.25) is 5.91 Å². The van der Waals surface area contributed by atoms with Crippen molar-refractivity contribution in [1.82, 2.24) is 14.7 Å². The van der Waals surface area contributed by atoms with Crippen molar-refractivity contribution in [3.05, 3.63) is 41.2 Å². The molecular weight excluding hydrogens is 580 g/mol. The third-order valence-corrected chi connectivity index (χ3v) is 10.8. The third-order valence-electron chi connectivity index (χ3n) is 10.8. The summed E-state index contributed by atoms with van der Waals surface area (Å²) >= 11 is 0. The van der Waals surface area contributed by atoms with Gasteiger partial charge in [-0.05, 0) is 69.2 Å². The zero-order valence-electron chi connectivity index (χ0n) is 26.3. The normalized spacial score (nSPS) is 34.1. The zero-order chi connectivity index (χ0) is 32.8. The molecule has 12 heteroatoms. The Labute approximate surface area is 261 Å². The number of hydrogen-bond acceptors (Lipinski definition) is 11. The van der Waals surface area contributed by atoms with Crippen LogP contribution in [0.25, 0.3) is 11.3 Å². The highest BCUT2D eigenvalue weighted by Crippen LogP contribution is 2.62. The van der Waals surface area contributed by atoms with E-state index in [4.69, 9.17) is 10.2 Å². The number of amides is 1. The van der Waals surface area contributed by atoms with Gasteiger partial charge in [0.05, 0.1) is 24.1 Å². The summed E-state index contributed by atoms with van der Waals surface area (Å²) in [5, 5.41) is 23.0. The first-order valence-corrected chi connectivity index (χ1v) is 15.2. The number of piperazine rings is 1. The molecule has 1 saturated heterocycles. The highest BCUT2D eigenvalue weighted by Gasteiger charge is 2.76. The lowest BCUT2D eigenvalue weighted by molar-refractivity contribution is -0.203. The van der Waals surface area contributed by atoms with Gasteiger partial charge in [0.1, 0.15) is 17.3 Å². The van der Waals surface area contributed by atoms with Gasteiger partial charge >= 0.3 is 0 Å². The van der Waals surface area contributed by atoms with Gasteiger partial charge in [-0.25, -0.2) is 0 Å². The van der Waals surface area contributed by atoms with Gasteiger partial charge in [-0.1, -0.05) is 13.8 Å². The Morgan fingerprint density at radius 3 is 2.33 bits per heavy atom. The standard InChI is InChI=1S/C33H40N4O8/c1-31-14-19-18(21-9-6-17(45-21)15-37-12-10-36(5)11-13-37)7-8-20(38)22(19)25(39)24(31)29(42)33(44)28(41)23(30(34)43)26(40)27(35(3)4)32(33,2)16-31/h6-9,23-24,27,38,44H,10-16H2,1-5H3,(H2,34,43)/t23?,24?,27-,31+,32+,33-/m1/s1. The molecule has 45 heavy (non-hydrogen) atoms. The van der Waals surface area contributed by atoms with Crippen molar-refractivity contribution in [2.24, 2.45) is 28.4 Å². The molecular formula is C33H40N4O8. The van der Waals surface area contributed by atoms with Crippen molar-refractivity contribution in [1.29, 1.82) is 0 Å². The predicted molar refractivity (Wildman–Crippen MR) is 161 cm³/mol. The second-order valence-corrected chi connectivity index (χ2v) is 14.1. The number of nitrogens with zero attached hydrogens (tertiary/aromatic N) is 3. The van der Waals surface area contributed by atoms with E-state index in [-0.39, 0.29) is 24.2 Å². The van der Waals surface area contributed by atoms with Crippen LogP contribution < -0.4 is 5.73 Å². The van der Waals surface area contributed by atoms with E-state index in [9.17, 15) is 34.2 Å². The van der Waals surface area contributed by atoms with Crippen LogP contribution in [0, 0.1) is 22.7 Å². The molecule has 0 spiro atoms. The number of Topliss-reactive ketones (excluding diaryl/α,β-unsaturated/α-hetero) is 4. The minimum atomic E-state index is -2.83. The lowest BCUT2D eigenvalue weighted by atomic mass is 9.42. The number of fused-ring (bicyclic) bond motifs is 3. The molecule has 1 aliphatic heterocycles. The quantitative estimate of drug-likeness (QED) is 0.401. The van der Waals surface area contributed by atoms with Crippen molar-refractivity contribution >= 4 is 29.0 Å². The molecule has 2 heterocycles. The van der Waals surface area contributed by atoms with E-state index in [1.165, 1.54) is 17.9 Å². The highest BCUT2D eigenvalue weighted by atomic mass is 16.3. The predicted octanol–water partition coefficient (Wildman–Crippen LogP) is 0.655. The number of nitrogens with two attached hydrogens (primary N) is 1. The van der Waals surface area contributed by atoms with Crippen LogP contribution in [-0.4, -0.2) is 113 Å². The first kappa shape index (κ1) is 31.3. The number of furan rings is 1. The van der Waals surface area contributed by atoms with Crippen LogP contribution in [0.15, 0.2) is 28.7 Å². The maximum absolute atomic E-state index is 14.4. The molecule has 1 aromatic carbocycles. The summed E-state index contributed by atoms with van der Waals surface area (Å²) in [7, 11) is 5.22.